The summed E-state index contributed by atoms with van der Waals surface area (Å²) in [6.45, 7) is 9.44. The summed E-state index contributed by atoms with van der Waals surface area (Å²) in [6.07, 6.45) is 0.839. The molecule has 27 heavy (non-hydrogen) atoms. The highest BCUT2D eigenvalue weighted by atomic mass is 16.5. The molecule has 0 atom stereocenters. The number of amides is 1. The quantitative estimate of drug-likeness (QED) is 0.797. The Labute approximate surface area is 159 Å². The number of nitrogens with zero attached hydrogens (tertiary/aromatic N) is 6. The minimum atomic E-state index is 0.0740. The van der Waals surface area contributed by atoms with Gasteiger partial charge in [-0.25, -0.2) is 0 Å². The van der Waals surface area contributed by atoms with Crippen molar-refractivity contribution in [3.8, 4) is 0 Å². The third-order valence-electron chi connectivity index (χ3n) is 5.81. The van der Waals surface area contributed by atoms with Crippen molar-refractivity contribution in [1.82, 2.24) is 29.4 Å². The lowest BCUT2D eigenvalue weighted by molar-refractivity contribution is 0.0333. The van der Waals surface area contributed by atoms with E-state index in [1.807, 2.05) is 37.5 Å². The third-order valence-corrected chi connectivity index (χ3v) is 5.81. The van der Waals surface area contributed by atoms with Gasteiger partial charge in [-0.15, -0.1) is 0 Å². The Morgan fingerprint density at radius 3 is 2.48 bits per heavy atom. The van der Waals surface area contributed by atoms with Gasteiger partial charge in [0.05, 0.1) is 30.2 Å². The zero-order valence-corrected chi connectivity index (χ0v) is 16.7. The van der Waals surface area contributed by atoms with Crippen molar-refractivity contribution in [2.24, 2.45) is 14.1 Å². The molecule has 4 heterocycles. The summed E-state index contributed by atoms with van der Waals surface area (Å²) < 4.78 is 9.23. The molecule has 2 aliphatic heterocycles. The number of rotatable bonds is 3. The third kappa shape index (κ3) is 3.27. The van der Waals surface area contributed by atoms with Gasteiger partial charge in [0.15, 0.2) is 0 Å². The van der Waals surface area contributed by atoms with Crippen molar-refractivity contribution in [1.29, 1.82) is 0 Å². The maximum Gasteiger partial charge on any atom is 0.257 e. The van der Waals surface area contributed by atoms with Crippen LogP contribution in [0.4, 0.5) is 0 Å². The van der Waals surface area contributed by atoms with Crippen LogP contribution in [-0.4, -0.2) is 68.1 Å². The molecule has 0 aliphatic carbocycles. The van der Waals surface area contributed by atoms with E-state index in [9.17, 15) is 4.79 Å². The van der Waals surface area contributed by atoms with Crippen molar-refractivity contribution in [3.05, 3.63) is 33.9 Å². The molecule has 1 saturated heterocycles. The SMILES string of the molecule is Cc1nn(C)c(C)c1C(=O)N1CCc2c(c(CN3CCOCC3)nn2C)C1. The maximum atomic E-state index is 13.2. The lowest BCUT2D eigenvalue weighted by Crippen LogP contribution is -2.38. The Kier molecular flexibility index (Phi) is 4.77. The molecule has 0 saturated carbocycles. The lowest BCUT2D eigenvalue weighted by Gasteiger charge is -2.29. The average molecular weight is 372 g/mol. The van der Waals surface area contributed by atoms with Crippen LogP contribution in [0.15, 0.2) is 0 Å². The zero-order valence-electron chi connectivity index (χ0n) is 16.7. The molecule has 0 aromatic carbocycles. The molecule has 0 spiro atoms. The van der Waals surface area contributed by atoms with Crippen LogP contribution in [0.1, 0.15) is 38.7 Å². The topological polar surface area (TPSA) is 68.4 Å². The number of aryl methyl sites for hydroxylation is 3. The number of carbonyl (C=O) groups excluding carboxylic acids is 1. The minimum absolute atomic E-state index is 0.0740. The van der Waals surface area contributed by atoms with Crippen LogP contribution in [0, 0.1) is 13.8 Å². The predicted molar refractivity (Wildman–Crippen MR) is 100 cm³/mol. The Morgan fingerprint density at radius 2 is 1.81 bits per heavy atom. The van der Waals surface area contributed by atoms with Crippen LogP contribution in [-0.2, 0) is 38.3 Å². The van der Waals surface area contributed by atoms with Gasteiger partial charge in [-0.05, 0) is 13.8 Å². The number of carbonyl (C=O) groups is 1. The zero-order chi connectivity index (χ0) is 19.1. The molecule has 146 valence electrons. The average Bonchev–Trinajstić information content (AvgIpc) is 3.10. The molecule has 0 unspecified atom stereocenters. The van der Waals surface area contributed by atoms with E-state index in [0.29, 0.717) is 6.54 Å². The van der Waals surface area contributed by atoms with Gasteiger partial charge in [-0.3, -0.25) is 19.1 Å². The molecule has 1 amide bonds. The fraction of sp³-hybridized carbons (Fsp3) is 0.632. The highest BCUT2D eigenvalue weighted by Gasteiger charge is 2.30. The van der Waals surface area contributed by atoms with E-state index in [1.165, 1.54) is 11.3 Å². The standard InChI is InChI=1S/C19H28N6O2/c1-13-18(14(2)22(3)20-13)19(26)25-6-5-17-15(11-25)16(21-23(17)4)12-24-7-9-27-10-8-24/h5-12H2,1-4H3. The molecule has 2 aromatic heterocycles. The van der Waals surface area contributed by atoms with Crippen molar-refractivity contribution >= 4 is 5.91 Å². The Morgan fingerprint density at radius 1 is 1.07 bits per heavy atom. The summed E-state index contributed by atoms with van der Waals surface area (Å²) in [5.74, 6) is 0.0740. The summed E-state index contributed by atoms with van der Waals surface area (Å²) in [5, 5.41) is 9.18. The van der Waals surface area contributed by atoms with E-state index in [2.05, 4.69) is 10.00 Å². The predicted octanol–water partition coefficient (Wildman–Crippen LogP) is 0.801. The first kappa shape index (κ1) is 18.2. The molecule has 4 rings (SSSR count). The summed E-state index contributed by atoms with van der Waals surface area (Å²) in [7, 11) is 3.89. The number of fused-ring (bicyclic) bond motifs is 1. The van der Waals surface area contributed by atoms with Crippen LogP contribution in [0.5, 0.6) is 0 Å². The second-order valence-electron chi connectivity index (χ2n) is 7.53. The van der Waals surface area contributed by atoms with Gasteiger partial charge in [0.1, 0.15) is 0 Å². The summed E-state index contributed by atoms with van der Waals surface area (Å²) in [4.78, 5) is 17.5. The number of aromatic nitrogens is 4. The van der Waals surface area contributed by atoms with Crippen molar-refractivity contribution in [2.75, 3.05) is 32.8 Å². The number of hydrogen-bond acceptors (Lipinski definition) is 5. The van der Waals surface area contributed by atoms with Crippen LogP contribution in [0.25, 0.3) is 0 Å². The van der Waals surface area contributed by atoms with Crippen LogP contribution >= 0.6 is 0 Å². The second-order valence-corrected chi connectivity index (χ2v) is 7.53. The Bertz CT molecular complexity index is 862. The van der Waals surface area contributed by atoms with Gasteiger partial charge in [-0.1, -0.05) is 0 Å². The fourth-order valence-electron chi connectivity index (χ4n) is 4.18. The molecule has 2 aromatic rings. The largest absolute Gasteiger partial charge is 0.379 e. The van der Waals surface area contributed by atoms with Crippen molar-refractivity contribution < 1.29 is 9.53 Å². The Hall–Kier alpha value is -2.19. The van der Waals surface area contributed by atoms with Gasteiger partial charge in [-0.2, -0.15) is 10.2 Å². The van der Waals surface area contributed by atoms with E-state index >= 15 is 0 Å². The van der Waals surface area contributed by atoms with E-state index in [4.69, 9.17) is 9.84 Å². The van der Waals surface area contributed by atoms with E-state index in [1.54, 1.807) is 4.68 Å². The van der Waals surface area contributed by atoms with Gasteiger partial charge in [0, 0.05) is 70.2 Å². The lowest BCUT2D eigenvalue weighted by atomic mass is 10.0. The molecule has 2 aliphatic rings. The van der Waals surface area contributed by atoms with Gasteiger partial charge in [0.2, 0.25) is 0 Å². The summed E-state index contributed by atoms with van der Waals surface area (Å²) in [5.41, 5.74) is 6.00. The number of ether oxygens (including phenoxy) is 1. The molecular formula is C19H28N6O2. The summed E-state index contributed by atoms with van der Waals surface area (Å²) in [6, 6.07) is 0. The first-order valence-electron chi connectivity index (χ1n) is 9.59. The van der Waals surface area contributed by atoms with Gasteiger partial charge >= 0.3 is 0 Å². The number of hydrogen-bond donors (Lipinski definition) is 0. The highest BCUT2D eigenvalue weighted by molar-refractivity contribution is 5.96. The molecule has 8 heteroatoms. The van der Waals surface area contributed by atoms with Crippen LogP contribution in [0.3, 0.4) is 0 Å². The van der Waals surface area contributed by atoms with E-state index < -0.39 is 0 Å². The fourth-order valence-corrected chi connectivity index (χ4v) is 4.18. The maximum absolute atomic E-state index is 13.2. The van der Waals surface area contributed by atoms with Crippen LogP contribution in [0.2, 0.25) is 0 Å². The van der Waals surface area contributed by atoms with Gasteiger partial charge in [0.25, 0.3) is 5.91 Å². The Balaban J connectivity index is 1.57. The molecule has 0 radical (unpaired) electrons. The monoisotopic (exact) mass is 372 g/mol. The molecular weight excluding hydrogens is 344 g/mol. The normalized spacial score (nSPS) is 18.0. The minimum Gasteiger partial charge on any atom is -0.379 e. The van der Waals surface area contributed by atoms with Crippen LogP contribution < -0.4 is 0 Å². The van der Waals surface area contributed by atoms with E-state index in [-0.39, 0.29) is 5.91 Å². The summed E-state index contributed by atoms with van der Waals surface area (Å²) >= 11 is 0. The molecule has 0 bridgehead atoms. The smallest absolute Gasteiger partial charge is 0.257 e. The molecule has 8 nitrogen and oxygen atoms in total. The molecule has 1 fully saturated rings. The van der Waals surface area contributed by atoms with Crippen molar-refractivity contribution in [3.63, 3.8) is 0 Å². The highest BCUT2D eigenvalue weighted by Crippen LogP contribution is 2.26. The number of morpholine rings is 1. The first-order chi connectivity index (χ1) is 13.0. The van der Waals surface area contributed by atoms with Gasteiger partial charge < -0.3 is 9.64 Å². The van der Waals surface area contributed by atoms with E-state index in [0.717, 1.165) is 68.5 Å². The first-order valence-corrected chi connectivity index (χ1v) is 9.59. The van der Waals surface area contributed by atoms with Crippen molar-refractivity contribution in [2.45, 2.75) is 33.4 Å². The second kappa shape index (κ2) is 7.09. The molecule has 0 N–H and O–H groups in total.